The Morgan fingerprint density at radius 2 is 2.24 bits per heavy atom. The Bertz CT molecular complexity index is 421. The molecular weight excluding hydrogens is 232 g/mol. The van der Waals surface area contributed by atoms with Gasteiger partial charge in [0.15, 0.2) is 5.78 Å². The van der Waals surface area contributed by atoms with Gasteiger partial charge in [0, 0.05) is 13.0 Å². The van der Waals surface area contributed by atoms with Crippen LogP contribution in [0.3, 0.4) is 0 Å². The maximum Gasteiger partial charge on any atom is 0.174 e. The maximum atomic E-state index is 11.6. The standard InChI is InChI=1S/C13H20N2OS/c1-3-10(16)12-9(14)7-11(17-12)15-8-13(4-2)5-6-13/h7,15H,3-6,8,14H2,1-2H3. The number of Topliss-reactive ketones (excluding diaryl/α,β-unsaturated/α-hetero) is 1. The van der Waals surface area contributed by atoms with Gasteiger partial charge >= 0.3 is 0 Å². The predicted octanol–water partition coefficient (Wildman–Crippen LogP) is 3.53. The summed E-state index contributed by atoms with van der Waals surface area (Å²) in [6.45, 7) is 5.11. The van der Waals surface area contributed by atoms with Crippen LogP contribution in [0, 0.1) is 5.41 Å². The molecular formula is C13H20N2OS. The maximum absolute atomic E-state index is 11.6. The number of carbonyl (C=O) groups is 1. The van der Waals surface area contributed by atoms with Gasteiger partial charge in [-0.1, -0.05) is 13.8 Å². The van der Waals surface area contributed by atoms with Gasteiger partial charge in [-0.15, -0.1) is 11.3 Å². The lowest BCUT2D eigenvalue weighted by molar-refractivity contribution is 0.0993. The third-order valence-corrected chi connectivity index (χ3v) is 4.83. The molecule has 0 saturated heterocycles. The summed E-state index contributed by atoms with van der Waals surface area (Å²) in [5, 5.41) is 4.45. The minimum absolute atomic E-state index is 0.136. The zero-order valence-electron chi connectivity index (χ0n) is 10.5. The van der Waals surface area contributed by atoms with E-state index in [1.165, 1.54) is 30.6 Å². The lowest BCUT2D eigenvalue weighted by Gasteiger charge is -2.12. The van der Waals surface area contributed by atoms with Crippen LogP contribution in [0.4, 0.5) is 10.7 Å². The van der Waals surface area contributed by atoms with Crippen LogP contribution in [0.5, 0.6) is 0 Å². The SMILES string of the molecule is CCC(=O)c1sc(NCC2(CC)CC2)cc1N. The van der Waals surface area contributed by atoms with Gasteiger partial charge in [0.2, 0.25) is 0 Å². The van der Waals surface area contributed by atoms with Crippen molar-refractivity contribution < 1.29 is 4.79 Å². The van der Waals surface area contributed by atoms with Crippen molar-refractivity contribution >= 4 is 27.8 Å². The first-order valence-electron chi connectivity index (χ1n) is 6.26. The van der Waals surface area contributed by atoms with E-state index >= 15 is 0 Å². The molecule has 1 heterocycles. The number of carbonyl (C=O) groups excluding carboxylic acids is 1. The first-order chi connectivity index (χ1) is 8.10. The van der Waals surface area contributed by atoms with Crippen molar-refractivity contribution in [3.05, 3.63) is 10.9 Å². The van der Waals surface area contributed by atoms with Crippen LogP contribution in [0.2, 0.25) is 0 Å². The van der Waals surface area contributed by atoms with E-state index in [0.717, 1.165) is 11.5 Å². The zero-order valence-corrected chi connectivity index (χ0v) is 11.3. The van der Waals surface area contributed by atoms with Crippen molar-refractivity contribution in [2.45, 2.75) is 39.5 Å². The molecule has 0 bridgehead atoms. The highest BCUT2D eigenvalue weighted by molar-refractivity contribution is 7.18. The molecule has 0 aliphatic heterocycles. The molecule has 0 amide bonds. The Morgan fingerprint density at radius 1 is 1.53 bits per heavy atom. The average Bonchev–Trinajstić information content (AvgIpc) is 3.03. The van der Waals surface area contributed by atoms with Gasteiger partial charge in [0.05, 0.1) is 15.6 Å². The summed E-state index contributed by atoms with van der Waals surface area (Å²) in [7, 11) is 0. The van der Waals surface area contributed by atoms with Crippen LogP contribution >= 0.6 is 11.3 Å². The molecule has 1 aromatic heterocycles. The smallest absolute Gasteiger partial charge is 0.174 e. The number of thiophene rings is 1. The molecule has 1 saturated carbocycles. The summed E-state index contributed by atoms with van der Waals surface area (Å²) in [5.41, 5.74) is 6.98. The molecule has 2 rings (SSSR count). The Labute approximate surface area is 106 Å². The molecule has 0 atom stereocenters. The van der Waals surface area contributed by atoms with Crippen LogP contribution in [0.25, 0.3) is 0 Å². The van der Waals surface area contributed by atoms with Crippen LogP contribution in [0.1, 0.15) is 49.2 Å². The number of nitrogens with two attached hydrogens (primary N) is 1. The predicted molar refractivity (Wildman–Crippen MR) is 73.8 cm³/mol. The molecule has 1 fully saturated rings. The van der Waals surface area contributed by atoms with E-state index in [-0.39, 0.29) is 5.78 Å². The molecule has 1 aromatic rings. The number of nitrogens with one attached hydrogen (secondary N) is 1. The summed E-state index contributed by atoms with van der Waals surface area (Å²) in [5.74, 6) is 0.136. The van der Waals surface area contributed by atoms with Gasteiger partial charge in [-0.05, 0) is 30.7 Å². The number of hydrogen-bond acceptors (Lipinski definition) is 4. The number of rotatable bonds is 6. The Balaban J connectivity index is 2.00. The first kappa shape index (κ1) is 12.4. The molecule has 17 heavy (non-hydrogen) atoms. The average molecular weight is 252 g/mol. The molecule has 3 nitrogen and oxygen atoms in total. The van der Waals surface area contributed by atoms with E-state index < -0.39 is 0 Å². The Kier molecular flexibility index (Phi) is 3.43. The topological polar surface area (TPSA) is 55.1 Å². The molecule has 1 aliphatic carbocycles. The summed E-state index contributed by atoms with van der Waals surface area (Å²) < 4.78 is 0. The molecule has 0 aromatic carbocycles. The summed E-state index contributed by atoms with van der Waals surface area (Å²) >= 11 is 1.49. The van der Waals surface area contributed by atoms with Crippen molar-refractivity contribution in [2.24, 2.45) is 5.41 Å². The summed E-state index contributed by atoms with van der Waals surface area (Å²) in [4.78, 5) is 12.3. The second-order valence-corrected chi connectivity index (χ2v) is 5.93. The quantitative estimate of drug-likeness (QED) is 0.762. The molecule has 0 spiro atoms. The van der Waals surface area contributed by atoms with Gasteiger partial charge in [0.1, 0.15) is 0 Å². The molecule has 0 unspecified atom stereocenters. The Hall–Kier alpha value is -1.03. The van der Waals surface area contributed by atoms with Crippen LogP contribution in [-0.2, 0) is 0 Å². The second kappa shape index (κ2) is 4.69. The summed E-state index contributed by atoms with van der Waals surface area (Å²) in [6.07, 6.45) is 4.38. The molecule has 0 radical (unpaired) electrons. The van der Waals surface area contributed by atoms with Crippen molar-refractivity contribution in [2.75, 3.05) is 17.6 Å². The highest BCUT2D eigenvalue weighted by Crippen LogP contribution is 2.48. The fourth-order valence-electron chi connectivity index (χ4n) is 1.98. The normalized spacial score (nSPS) is 16.8. The van der Waals surface area contributed by atoms with Crippen molar-refractivity contribution in [1.82, 2.24) is 0 Å². The minimum atomic E-state index is 0.136. The van der Waals surface area contributed by atoms with E-state index in [2.05, 4.69) is 12.2 Å². The highest BCUT2D eigenvalue weighted by Gasteiger charge is 2.40. The van der Waals surface area contributed by atoms with Gasteiger partial charge in [-0.2, -0.15) is 0 Å². The van der Waals surface area contributed by atoms with E-state index in [4.69, 9.17) is 5.73 Å². The molecule has 4 heteroatoms. The summed E-state index contributed by atoms with van der Waals surface area (Å²) in [6, 6.07) is 1.89. The monoisotopic (exact) mass is 252 g/mol. The molecule has 3 N–H and O–H groups in total. The second-order valence-electron chi connectivity index (χ2n) is 4.88. The number of anilines is 2. The van der Waals surface area contributed by atoms with Gasteiger partial charge < -0.3 is 11.1 Å². The molecule has 1 aliphatic rings. The minimum Gasteiger partial charge on any atom is -0.397 e. The largest absolute Gasteiger partial charge is 0.397 e. The van der Waals surface area contributed by atoms with Gasteiger partial charge in [0.25, 0.3) is 0 Å². The van der Waals surface area contributed by atoms with Crippen LogP contribution < -0.4 is 11.1 Å². The lowest BCUT2D eigenvalue weighted by atomic mass is 10.0. The van der Waals surface area contributed by atoms with Crippen molar-refractivity contribution in [3.63, 3.8) is 0 Å². The fourth-order valence-corrected chi connectivity index (χ4v) is 2.96. The third-order valence-electron chi connectivity index (χ3n) is 3.68. The number of ketones is 1. The van der Waals surface area contributed by atoms with Gasteiger partial charge in [-0.25, -0.2) is 0 Å². The number of nitrogen functional groups attached to an aromatic ring is 1. The van der Waals surface area contributed by atoms with Crippen LogP contribution in [-0.4, -0.2) is 12.3 Å². The highest BCUT2D eigenvalue weighted by atomic mass is 32.1. The van der Waals surface area contributed by atoms with Crippen LogP contribution in [0.15, 0.2) is 6.07 Å². The fraction of sp³-hybridized carbons (Fsp3) is 0.615. The number of hydrogen-bond donors (Lipinski definition) is 2. The van der Waals surface area contributed by atoms with E-state index in [1.54, 1.807) is 0 Å². The molecule has 94 valence electrons. The van der Waals surface area contributed by atoms with E-state index in [9.17, 15) is 4.79 Å². The third kappa shape index (κ3) is 2.63. The van der Waals surface area contributed by atoms with Crippen molar-refractivity contribution in [1.29, 1.82) is 0 Å². The van der Waals surface area contributed by atoms with E-state index in [1.807, 2.05) is 13.0 Å². The first-order valence-corrected chi connectivity index (χ1v) is 7.08. The van der Waals surface area contributed by atoms with Gasteiger partial charge in [-0.3, -0.25) is 4.79 Å². The lowest BCUT2D eigenvalue weighted by Crippen LogP contribution is -2.13. The zero-order chi connectivity index (χ0) is 12.5. The Morgan fingerprint density at radius 3 is 2.76 bits per heavy atom. The van der Waals surface area contributed by atoms with E-state index in [0.29, 0.717) is 22.4 Å². The van der Waals surface area contributed by atoms with Crippen molar-refractivity contribution in [3.8, 4) is 0 Å².